The Morgan fingerprint density at radius 1 is 1.31 bits per heavy atom. The van der Waals surface area contributed by atoms with Gasteiger partial charge in [0.25, 0.3) is 0 Å². The van der Waals surface area contributed by atoms with Crippen molar-refractivity contribution in [2.24, 2.45) is 11.7 Å². The maximum absolute atomic E-state index is 10.6. The highest BCUT2D eigenvalue weighted by Crippen LogP contribution is 2.25. The highest BCUT2D eigenvalue weighted by Gasteiger charge is 2.31. The average Bonchev–Trinajstić information content (AvgIpc) is 2.28. The molecule has 0 aliphatic heterocycles. The number of carboxylic acid groups (broad SMARTS) is 1. The zero-order valence-electron chi connectivity index (χ0n) is 7.65. The van der Waals surface area contributed by atoms with Crippen LogP contribution in [-0.4, -0.2) is 28.3 Å². The Labute approximate surface area is 77.7 Å². The normalized spacial score (nSPS) is 32.2. The molecule has 0 heterocycles. The van der Waals surface area contributed by atoms with Crippen molar-refractivity contribution in [2.45, 2.75) is 44.2 Å². The van der Waals surface area contributed by atoms with Crippen molar-refractivity contribution >= 4 is 5.97 Å². The maximum atomic E-state index is 10.6. The third-order valence-electron chi connectivity index (χ3n) is 2.78. The molecule has 1 fully saturated rings. The molecule has 76 valence electrons. The number of carboxylic acids is 1. The second kappa shape index (κ2) is 4.58. The van der Waals surface area contributed by atoms with E-state index in [-0.39, 0.29) is 5.92 Å². The number of nitrogens with two attached hydrogens (primary N) is 1. The van der Waals surface area contributed by atoms with Gasteiger partial charge < -0.3 is 15.9 Å². The van der Waals surface area contributed by atoms with Gasteiger partial charge >= 0.3 is 5.97 Å². The van der Waals surface area contributed by atoms with E-state index in [4.69, 9.17) is 10.8 Å². The monoisotopic (exact) mass is 187 g/mol. The predicted molar refractivity (Wildman–Crippen MR) is 48.2 cm³/mol. The molecule has 0 aromatic carbocycles. The maximum Gasteiger partial charge on any atom is 0.320 e. The fraction of sp³-hybridized carbons (Fsp3) is 0.889. The molecule has 0 bridgehead atoms. The van der Waals surface area contributed by atoms with E-state index in [0.717, 1.165) is 25.7 Å². The molecule has 0 aromatic rings. The first kappa shape index (κ1) is 10.5. The van der Waals surface area contributed by atoms with E-state index in [0.29, 0.717) is 6.42 Å². The number of aliphatic hydroxyl groups excluding tert-OH is 1. The molecule has 1 rings (SSSR count). The largest absolute Gasteiger partial charge is 0.480 e. The quantitative estimate of drug-likeness (QED) is 0.544. The van der Waals surface area contributed by atoms with Gasteiger partial charge in [-0.1, -0.05) is 19.3 Å². The van der Waals surface area contributed by atoms with Crippen LogP contribution in [0.25, 0.3) is 0 Å². The zero-order chi connectivity index (χ0) is 9.84. The minimum absolute atomic E-state index is 0.264. The highest BCUT2D eigenvalue weighted by atomic mass is 16.4. The summed E-state index contributed by atoms with van der Waals surface area (Å²) in [5.41, 5.74) is 5.49. The van der Waals surface area contributed by atoms with E-state index >= 15 is 0 Å². The van der Waals surface area contributed by atoms with Crippen molar-refractivity contribution in [3.05, 3.63) is 0 Å². The number of carbonyl (C=O) groups is 1. The molecular weight excluding hydrogens is 170 g/mol. The second-order valence-electron chi connectivity index (χ2n) is 3.73. The third-order valence-corrected chi connectivity index (χ3v) is 2.78. The van der Waals surface area contributed by atoms with Crippen LogP contribution in [0, 0.1) is 5.92 Å². The number of aliphatic carboxylic acids is 1. The second-order valence-corrected chi connectivity index (χ2v) is 3.73. The Hall–Kier alpha value is -0.610. The first-order valence-electron chi connectivity index (χ1n) is 4.79. The van der Waals surface area contributed by atoms with Crippen molar-refractivity contribution in [1.29, 1.82) is 0 Å². The van der Waals surface area contributed by atoms with Gasteiger partial charge in [0.2, 0.25) is 0 Å². The average molecular weight is 187 g/mol. The van der Waals surface area contributed by atoms with E-state index in [1.54, 1.807) is 0 Å². The van der Waals surface area contributed by atoms with E-state index in [1.165, 1.54) is 0 Å². The Bertz CT molecular complexity index is 184. The van der Waals surface area contributed by atoms with E-state index < -0.39 is 18.1 Å². The van der Waals surface area contributed by atoms with Crippen LogP contribution in [0.1, 0.15) is 32.1 Å². The number of rotatable bonds is 2. The fourth-order valence-electron chi connectivity index (χ4n) is 1.92. The minimum atomic E-state index is -1.01. The lowest BCUT2D eigenvalue weighted by molar-refractivity contribution is -0.141. The molecule has 0 radical (unpaired) electrons. The van der Waals surface area contributed by atoms with Gasteiger partial charge in [-0.05, 0) is 12.8 Å². The van der Waals surface area contributed by atoms with E-state index in [9.17, 15) is 9.90 Å². The lowest BCUT2D eigenvalue weighted by Gasteiger charge is -2.23. The van der Waals surface area contributed by atoms with Gasteiger partial charge in [-0.2, -0.15) is 0 Å². The highest BCUT2D eigenvalue weighted by molar-refractivity contribution is 5.73. The molecule has 4 N–H and O–H groups in total. The van der Waals surface area contributed by atoms with Crippen molar-refractivity contribution in [1.82, 2.24) is 0 Å². The molecule has 0 saturated heterocycles. The Balaban J connectivity index is 2.58. The van der Waals surface area contributed by atoms with Gasteiger partial charge in [0.05, 0.1) is 6.10 Å². The molecule has 1 aliphatic carbocycles. The molecular formula is C9H17NO3. The summed E-state index contributed by atoms with van der Waals surface area (Å²) in [4.78, 5) is 10.6. The molecule has 1 aliphatic rings. The summed E-state index contributed by atoms with van der Waals surface area (Å²) in [5, 5.41) is 18.3. The molecule has 13 heavy (non-hydrogen) atoms. The summed E-state index contributed by atoms with van der Waals surface area (Å²) in [5.74, 6) is -1.27. The summed E-state index contributed by atoms with van der Waals surface area (Å²) >= 11 is 0. The number of aliphatic hydroxyl groups is 1. The predicted octanol–water partition coefficient (Wildman–Crippen LogP) is 0.339. The molecule has 1 saturated carbocycles. The van der Waals surface area contributed by atoms with E-state index in [1.807, 2.05) is 0 Å². The van der Waals surface area contributed by atoms with Gasteiger partial charge in [-0.15, -0.1) is 0 Å². The molecule has 2 unspecified atom stereocenters. The Morgan fingerprint density at radius 3 is 2.54 bits per heavy atom. The van der Waals surface area contributed by atoms with E-state index in [2.05, 4.69) is 0 Å². The molecule has 3 atom stereocenters. The van der Waals surface area contributed by atoms with Crippen LogP contribution < -0.4 is 5.73 Å². The van der Waals surface area contributed by atoms with Gasteiger partial charge in [0, 0.05) is 5.92 Å². The van der Waals surface area contributed by atoms with Gasteiger partial charge in [0.15, 0.2) is 0 Å². The van der Waals surface area contributed by atoms with Crippen molar-refractivity contribution in [2.75, 3.05) is 0 Å². The Kier molecular flexibility index (Phi) is 3.69. The molecule has 0 aromatic heterocycles. The molecule has 4 heteroatoms. The van der Waals surface area contributed by atoms with Crippen LogP contribution in [-0.2, 0) is 4.79 Å². The SMILES string of the molecule is NC(C(=O)O)[C@H]1CCCCCC1O. The number of hydrogen-bond donors (Lipinski definition) is 3. The lowest BCUT2D eigenvalue weighted by atomic mass is 9.90. The number of hydrogen-bond acceptors (Lipinski definition) is 3. The summed E-state index contributed by atoms with van der Waals surface area (Å²) in [6, 6.07) is -0.909. The van der Waals surface area contributed by atoms with Crippen molar-refractivity contribution < 1.29 is 15.0 Å². The standard InChI is InChI=1S/C9H17NO3/c10-8(9(12)13)6-4-2-1-3-5-7(6)11/h6-8,11H,1-5,10H2,(H,12,13)/t6-,7?,8?/m0/s1. The molecule has 4 nitrogen and oxygen atoms in total. The van der Waals surface area contributed by atoms with Crippen LogP contribution in [0.3, 0.4) is 0 Å². The first-order valence-corrected chi connectivity index (χ1v) is 4.79. The summed E-state index contributed by atoms with van der Waals surface area (Å²) < 4.78 is 0. The molecule has 0 spiro atoms. The topological polar surface area (TPSA) is 83.6 Å². The first-order chi connectivity index (χ1) is 6.13. The van der Waals surface area contributed by atoms with Crippen LogP contribution in [0.4, 0.5) is 0 Å². The van der Waals surface area contributed by atoms with Crippen LogP contribution in [0.5, 0.6) is 0 Å². The van der Waals surface area contributed by atoms with Crippen LogP contribution >= 0.6 is 0 Å². The summed E-state index contributed by atoms with van der Waals surface area (Å²) in [6.07, 6.45) is 3.90. The van der Waals surface area contributed by atoms with Gasteiger partial charge in [-0.3, -0.25) is 4.79 Å². The minimum Gasteiger partial charge on any atom is -0.480 e. The van der Waals surface area contributed by atoms with Crippen LogP contribution in [0.15, 0.2) is 0 Å². The zero-order valence-corrected chi connectivity index (χ0v) is 7.65. The summed E-state index contributed by atoms with van der Waals surface area (Å²) in [7, 11) is 0. The van der Waals surface area contributed by atoms with Gasteiger partial charge in [-0.25, -0.2) is 0 Å². The van der Waals surface area contributed by atoms with Gasteiger partial charge in [0.1, 0.15) is 6.04 Å². The van der Waals surface area contributed by atoms with Crippen molar-refractivity contribution in [3.8, 4) is 0 Å². The third kappa shape index (κ3) is 2.67. The van der Waals surface area contributed by atoms with Crippen molar-refractivity contribution in [3.63, 3.8) is 0 Å². The fourth-order valence-corrected chi connectivity index (χ4v) is 1.92. The summed E-state index contributed by atoms with van der Waals surface area (Å²) in [6.45, 7) is 0. The Morgan fingerprint density at radius 2 is 1.92 bits per heavy atom. The smallest absolute Gasteiger partial charge is 0.320 e. The molecule has 0 amide bonds. The van der Waals surface area contributed by atoms with Crippen LogP contribution in [0.2, 0.25) is 0 Å². The lowest BCUT2D eigenvalue weighted by Crippen LogP contribution is -2.43.